The fourth-order valence-electron chi connectivity index (χ4n) is 1.70. The van der Waals surface area contributed by atoms with E-state index in [4.69, 9.17) is 0 Å². The average Bonchev–Trinajstić information content (AvgIpc) is 2.37. The highest BCUT2D eigenvalue weighted by Gasteiger charge is 2.22. The number of nitrogens with zero attached hydrogens (tertiary/aromatic N) is 2. The number of carbonyl (C=O) groups is 1. The molecule has 0 saturated heterocycles. The number of rotatable bonds is 6. The summed E-state index contributed by atoms with van der Waals surface area (Å²) in [6.07, 6.45) is 2.45. The molecule has 102 valence electrons. The molecule has 19 heavy (non-hydrogen) atoms. The van der Waals surface area contributed by atoms with Gasteiger partial charge in [-0.05, 0) is 28.4 Å². The van der Waals surface area contributed by atoms with Crippen molar-refractivity contribution in [1.82, 2.24) is 4.90 Å². The van der Waals surface area contributed by atoms with Crippen molar-refractivity contribution in [2.45, 2.75) is 13.3 Å². The van der Waals surface area contributed by atoms with Crippen LogP contribution in [0.5, 0.6) is 0 Å². The Bertz CT molecular complexity index is 503. The van der Waals surface area contributed by atoms with E-state index in [-0.39, 0.29) is 16.1 Å². The van der Waals surface area contributed by atoms with Crippen molar-refractivity contribution in [2.75, 3.05) is 13.1 Å². The van der Waals surface area contributed by atoms with E-state index in [0.29, 0.717) is 18.7 Å². The zero-order valence-corrected chi connectivity index (χ0v) is 12.2. The van der Waals surface area contributed by atoms with Gasteiger partial charge >= 0.3 is 0 Å². The van der Waals surface area contributed by atoms with Gasteiger partial charge in [-0.15, -0.1) is 6.58 Å². The van der Waals surface area contributed by atoms with Crippen LogP contribution in [0.15, 0.2) is 35.3 Å². The third-order valence-corrected chi connectivity index (χ3v) is 3.37. The summed E-state index contributed by atoms with van der Waals surface area (Å²) in [5.41, 5.74) is 0.186. The normalized spacial score (nSPS) is 10.0. The van der Waals surface area contributed by atoms with Crippen LogP contribution in [0.1, 0.15) is 23.7 Å². The summed E-state index contributed by atoms with van der Waals surface area (Å²) in [5.74, 6) is -0.239. The predicted molar refractivity (Wildman–Crippen MR) is 77.2 cm³/mol. The highest BCUT2D eigenvalue weighted by Crippen LogP contribution is 2.29. The maximum atomic E-state index is 12.3. The molecule has 0 atom stereocenters. The van der Waals surface area contributed by atoms with Gasteiger partial charge in [0.2, 0.25) is 0 Å². The quantitative estimate of drug-likeness (QED) is 0.457. The van der Waals surface area contributed by atoms with Crippen LogP contribution < -0.4 is 0 Å². The van der Waals surface area contributed by atoms with E-state index in [2.05, 4.69) is 22.5 Å². The molecule has 0 unspecified atom stereocenters. The van der Waals surface area contributed by atoms with E-state index in [1.165, 1.54) is 12.1 Å². The molecule has 0 aliphatic rings. The van der Waals surface area contributed by atoms with E-state index in [1.54, 1.807) is 17.0 Å². The Balaban J connectivity index is 3.14. The minimum absolute atomic E-state index is 0.110. The molecule has 0 spiro atoms. The van der Waals surface area contributed by atoms with Gasteiger partial charge in [-0.1, -0.05) is 19.1 Å². The molecule has 1 rings (SSSR count). The standard InChI is InChI=1S/C13H15BrN2O3/c1-3-8-15(9-4-2)13(17)10-6-5-7-11(12(10)14)16(18)19/h3,5-7H,1,4,8-9H2,2H3. The van der Waals surface area contributed by atoms with Gasteiger partial charge in [-0.2, -0.15) is 0 Å². The van der Waals surface area contributed by atoms with Crippen LogP contribution in [0.2, 0.25) is 0 Å². The van der Waals surface area contributed by atoms with Crippen LogP contribution in [0.25, 0.3) is 0 Å². The predicted octanol–water partition coefficient (Wildman–Crippen LogP) is 3.40. The first-order valence-electron chi connectivity index (χ1n) is 5.86. The molecular weight excluding hydrogens is 312 g/mol. The smallest absolute Gasteiger partial charge is 0.284 e. The second-order valence-electron chi connectivity index (χ2n) is 3.94. The molecule has 1 aromatic carbocycles. The van der Waals surface area contributed by atoms with Crippen LogP contribution >= 0.6 is 15.9 Å². The lowest BCUT2D eigenvalue weighted by atomic mass is 10.1. The Kier molecular flexibility index (Phi) is 5.69. The van der Waals surface area contributed by atoms with Gasteiger partial charge in [0, 0.05) is 19.2 Å². The van der Waals surface area contributed by atoms with Crippen LogP contribution in [0.4, 0.5) is 5.69 Å². The third kappa shape index (κ3) is 3.64. The summed E-state index contributed by atoms with van der Waals surface area (Å²) in [5, 5.41) is 10.9. The number of benzene rings is 1. The number of hydrogen-bond donors (Lipinski definition) is 0. The van der Waals surface area contributed by atoms with Crippen molar-refractivity contribution < 1.29 is 9.72 Å². The molecule has 0 bridgehead atoms. The van der Waals surface area contributed by atoms with Gasteiger partial charge in [0.25, 0.3) is 11.6 Å². The molecule has 0 aliphatic carbocycles. The molecule has 5 nitrogen and oxygen atoms in total. The summed E-state index contributed by atoms with van der Waals surface area (Å²) >= 11 is 3.14. The van der Waals surface area contributed by atoms with E-state index in [9.17, 15) is 14.9 Å². The van der Waals surface area contributed by atoms with E-state index in [1.807, 2.05) is 6.92 Å². The number of hydrogen-bond acceptors (Lipinski definition) is 3. The fourth-order valence-corrected chi connectivity index (χ4v) is 2.28. The summed E-state index contributed by atoms with van der Waals surface area (Å²) < 4.78 is 0.218. The van der Waals surface area contributed by atoms with Crippen LogP contribution in [0.3, 0.4) is 0 Å². The molecule has 0 radical (unpaired) electrons. The van der Waals surface area contributed by atoms with Crippen molar-refractivity contribution in [3.05, 3.63) is 51.0 Å². The van der Waals surface area contributed by atoms with Gasteiger partial charge in [0.05, 0.1) is 10.5 Å². The van der Waals surface area contributed by atoms with Crippen molar-refractivity contribution in [1.29, 1.82) is 0 Å². The van der Waals surface area contributed by atoms with Crippen molar-refractivity contribution in [3.63, 3.8) is 0 Å². The SMILES string of the molecule is C=CCN(CCC)C(=O)c1cccc([N+](=O)[O-])c1Br. The Hall–Kier alpha value is -1.69. The monoisotopic (exact) mass is 326 g/mol. The van der Waals surface area contributed by atoms with Crippen LogP contribution in [0, 0.1) is 10.1 Å². The Morgan fingerprint density at radius 2 is 2.26 bits per heavy atom. The Labute approximate surface area is 120 Å². The number of nitro groups is 1. The van der Waals surface area contributed by atoms with Crippen LogP contribution in [-0.2, 0) is 0 Å². The molecule has 0 aromatic heterocycles. The van der Waals surface area contributed by atoms with Gasteiger partial charge in [-0.3, -0.25) is 14.9 Å². The lowest BCUT2D eigenvalue weighted by Gasteiger charge is -2.20. The molecule has 0 N–H and O–H groups in total. The number of nitro benzene ring substituents is 1. The van der Waals surface area contributed by atoms with Gasteiger partial charge < -0.3 is 4.90 Å². The first-order valence-corrected chi connectivity index (χ1v) is 6.65. The number of carbonyl (C=O) groups excluding carboxylic acids is 1. The first-order chi connectivity index (χ1) is 9.02. The van der Waals surface area contributed by atoms with E-state index >= 15 is 0 Å². The highest BCUT2D eigenvalue weighted by molar-refractivity contribution is 9.10. The molecular formula is C13H15BrN2O3. The zero-order chi connectivity index (χ0) is 14.4. The second-order valence-corrected chi connectivity index (χ2v) is 4.73. The molecule has 0 heterocycles. The van der Waals surface area contributed by atoms with E-state index in [0.717, 1.165) is 6.42 Å². The molecule has 6 heteroatoms. The van der Waals surface area contributed by atoms with Crippen molar-refractivity contribution in [3.8, 4) is 0 Å². The Morgan fingerprint density at radius 3 is 2.79 bits per heavy atom. The molecule has 0 saturated carbocycles. The zero-order valence-electron chi connectivity index (χ0n) is 10.6. The minimum Gasteiger partial charge on any atom is -0.335 e. The molecule has 0 fully saturated rings. The summed E-state index contributed by atoms with van der Waals surface area (Å²) in [7, 11) is 0. The molecule has 1 amide bonds. The first kappa shape index (κ1) is 15.4. The van der Waals surface area contributed by atoms with Gasteiger partial charge in [0.1, 0.15) is 4.47 Å². The summed E-state index contributed by atoms with van der Waals surface area (Å²) in [4.78, 5) is 24.3. The average molecular weight is 327 g/mol. The second kappa shape index (κ2) is 7.04. The van der Waals surface area contributed by atoms with Crippen molar-refractivity contribution >= 4 is 27.5 Å². The largest absolute Gasteiger partial charge is 0.335 e. The van der Waals surface area contributed by atoms with Crippen molar-refractivity contribution in [2.24, 2.45) is 0 Å². The van der Waals surface area contributed by atoms with Crippen LogP contribution in [-0.4, -0.2) is 28.8 Å². The molecule has 0 aliphatic heterocycles. The topological polar surface area (TPSA) is 63.5 Å². The van der Waals surface area contributed by atoms with E-state index < -0.39 is 4.92 Å². The molecule has 1 aromatic rings. The number of halogens is 1. The lowest BCUT2D eigenvalue weighted by molar-refractivity contribution is -0.385. The fraction of sp³-hybridized carbons (Fsp3) is 0.308. The summed E-state index contributed by atoms with van der Waals surface area (Å²) in [6.45, 7) is 6.58. The summed E-state index contributed by atoms with van der Waals surface area (Å²) in [6, 6.07) is 4.44. The van der Waals surface area contributed by atoms with Gasteiger partial charge in [0.15, 0.2) is 0 Å². The third-order valence-electron chi connectivity index (χ3n) is 2.54. The maximum Gasteiger partial charge on any atom is 0.284 e. The number of amides is 1. The highest BCUT2D eigenvalue weighted by atomic mass is 79.9. The minimum atomic E-state index is -0.515. The Morgan fingerprint density at radius 1 is 1.58 bits per heavy atom. The van der Waals surface area contributed by atoms with Gasteiger partial charge in [-0.25, -0.2) is 0 Å². The lowest BCUT2D eigenvalue weighted by Crippen LogP contribution is -2.32. The maximum absolute atomic E-state index is 12.3.